The van der Waals surface area contributed by atoms with Crippen molar-refractivity contribution in [3.8, 4) is 0 Å². The molecule has 35 heavy (non-hydrogen) atoms. The number of hydrogen-bond acceptors (Lipinski definition) is 9. The van der Waals surface area contributed by atoms with Crippen LogP contribution in [0.25, 0.3) is 0 Å². The number of alkyl halides is 3. The molecule has 0 saturated carbocycles. The van der Waals surface area contributed by atoms with Gasteiger partial charge in [0.25, 0.3) is 0 Å². The number of likely N-dealkylation sites (N-methyl/N-ethyl adjacent to an activating group) is 1. The number of rotatable bonds is 8. The standard InChI is InChI=1S/C19H25N3O5S.C2HF3O2/c1-12(23)28-16-8-17(21-10-16)18(25)22(2)11-15(24)9-20-14-6-4-13(5-7-14)19(26)27-3;3-2(4,5)1(6)7/h4-7,16-17,20-21H,8-11H2,1-3H3;(H,6,7). The summed E-state index contributed by atoms with van der Waals surface area (Å²) in [4.78, 5) is 57.5. The average Bonchev–Trinajstić information content (AvgIpc) is 3.24. The first kappa shape index (κ1) is 29.9. The lowest BCUT2D eigenvalue weighted by Crippen LogP contribution is -2.44. The number of esters is 1. The summed E-state index contributed by atoms with van der Waals surface area (Å²) in [6.07, 6.45) is -4.51. The molecule has 1 saturated heterocycles. The van der Waals surface area contributed by atoms with Gasteiger partial charge in [0.2, 0.25) is 5.91 Å². The van der Waals surface area contributed by atoms with Crippen LogP contribution in [0.5, 0.6) is 0 Å². The van der Waals surface area contributed by atoms with Crippen LogP contribution in [0.15, 0.2) is 24.3 Å². The fourth-order valence-electron chi connectivity index (χ4n) is 2.92. The zero-order valence-electron chi connectivity index (χ0n) is 19.2. The second kappa shape index (κ2) is 13.7. The van der Waals surface area contributed by atoms with E-state index in [1.54, 1.807) is 31.3 Å². The van der Waals surface area contributed by atoms with Gasteiger partial charge in [-0.25, -0.2) is 9.59 Å². The molecule has 1 amide bonds. The number of ketones is 1. The summed E-state index contributed by atoms with van der Waals surface area (Å²) in [5, 5.41) is 13.3. The number of nitrogens with zero attached hydrogens (tertiary/aromatic N) is 1. The minimum Gasteiger partial charge on any atom is -0.475 e. The van der Waals surface area contributed by atoms with E-state index in [0.29, 0.717) is 24.2 Å². The minimum atomic E-state index is -5.08. The van der Waals surface area contributed by atoms with Gasteiger partial charge < -0.3 is 25.4 Å². The number of nitrogens with one attached hydrogen (secondary N) is 2. The molecule has 1 aromatic rings. The third-order valence-electron chi connectivity index (χ3n) is 4.55. The van der Waals surface area contributed by atoms with Crippen LogP contribution in [0, 0.1) is 0 Å². The molecule has 14 heteroatoms. The van der Waals surface area contributed by atoms with Gasteiger partial charge >= 0.3 is 18.1 Å². The number of ether oxygens (including phenoxy) is 1. The molecule has 2 atom stereocenters. The van der Waals surface area contributed by atoms with E-state index in [-0.39, 0.29) is 41.2 Å². The van der Waals surface area contributed by atoms with Crippen molar-refractivity contribution in [1.29, 1.82) is 0 Å². The Balaban J connectivity index is 0.000000762. The van der Waals surface area contributed by atoms with Crippen LogP contribution in [-0.4, -0.2) is 90.0 Å². The van der Waals surface area contributed by atoms with Crippen LogP contribution in [0.3, 0.4) is 0 Å². The first-order valence-electron chi connectivity index (χ1n) is 10.1. The highest BCUT2D eigenvalue weighted by molar-refractivity contribution is 8.14. The molecule has 0 spiro atoms. The van der Waals surface area contributed by atoms with Crippen molar-refractivity contribution < 1.29 is 47.0 Å². The average molecular weight is 522 g/mol. The summed E-state index contributed by atoms with van der Waals surface area (Å²) in [7, 11) is 2.91. The van der Waals surface area contributed by atoms with Gasteiger partial charge in [0.1, 0.15) is 0 Å². The third-order valence-corrected chi connectivity index (χ3v) is 5.57. The molecule has 1 aliphatic rings. The Hall–Kier alpha value is -3.13. The van der Waals surface area contributed by atoms with Crippen molar-refractivity contribution in [3.63, 3.8) is 0 Å². The Bertz CT molecular complexity index is 926. The molecular formula is C21H26F3N3O7S. The van der Waals surface area contributed by atoms with Crippen molar-refractivity contribution in [2.24, 2.45) is 0 Å². The number of thioether (sulfide) groups is 1. The largest absolute Gasteiger partial charge is 0.490 e. The maximum absolute atomic E-state index is 12.5. The molecule has 0 radical (unpaired) electrons. The van der Waals surface area contributed by atoms with Gasteiger partial charge in [-0.15, -0.1) is 0 Å². The molecule has 1 aromatic carbocycles. The van der Waals surface area contributed by atoms with E-state index < -0.39 is 18.1 Å². The van der Waals surface area contributed by atoms with Crippen LogP contribution < -0.4 is 10.6 Å². The molecule has 10 nitrogen and oxygen atoms in total. The van der Waals surface area contributed by atoms with E-state index in [1.165, 1.54) is 30.7 Å². The Morgan fingerprint density at radius 1 is 1.20 bits per heavy atom. The predicted molar refractivity (Wildman–Crippen MR) is 121 cm³/mol. The van der Waals surface area contributed by atoms with Crippen molar-refractivity contribution in [2.45, 2.75) is 30.8 Å². The van der Waals surface area contributed by atoms with E-state index in [0.717, 1.165) is 0 Å². The SMILES string of the molecule is COC(=O)c1ccc(NCC(=O)CN(C)C(=O)C2CC(SC(C)=O)CN2)cc1.O=C(O)C(F)(F)F. The smallest absolute Gasteiger partial charge is 0.475 e. The predicted octanol–water partition coefficient (Wildman–Crippen LogP) is 1.56. The first-order chi connectivity index (χ1) is 16.2. The van der Waals surface area contributed by atoms with Crippen molar-refractivity contribution in [1.82, 2.24) is 10.2 Å². The molecule has 3 N–H and O–H groups in total. The monoisotopic (exact) mass is 521 g/mol. The highest BCUT2D eigenvalue weighted by Gasteiger charge is 2.38. The van der Waals surface area contributed by atoms with Crippen LogP contribution in [-0.2, 0) is 23.9 Å². The van der Waals surface area contributed by atoms with Gasteiger partial charge in [-0.3, -0.25) is 14.4 Å². The number of aliphatic carboxylic acids is 1. The molecule has 2 unspecified atom stereocenters. The summed E-state index contributed by atoms with van der Waals surface area (Å²) in [5.41, 5.74) is 1.12. The molecule has 1 aliphatic heterocycles. The topological polar surface area (TPSA) is 142 Å². The minimum absolute atomic E-state index is 0.00518. The first-order valence-corrected chi connectivity index (χ1v) is 11.0. The van der Waals surface area contributed by atoms with Crippen molar-refractivity contribution in [3.05, 3.63) is 29.8 Å². The molecule has 1 heterocycles. The lowest BCUT2D eigenvalue weighted by molar-refractivity contribution is -0.192. The van der Waals surface area contributed by atoms with Crippen molar-refractivity contribution in [2.75, 3.05) is 39.1 Å². The number of benzene rings is 1. The van der Waals surface area contributed by atoms with Crippen LogP contribution in [0.4, 0.5) is 18.9 Å². The number of carbonyl (C=O) groups is 5. The van der Waals surface area contributed by atoms with E-state index in [1.807, 2.05) is 0 Å². The van der Waals surface area contributed by atoms with Gasteiger partial charge in [0.05, 0.1) is 31.8 Å². The highest BCUT2D eigenvalue weighted by atomic mass is 32.2. The summed E-state index contributed by atoms with van der Waals surface area (Å²) >= 11 is 1.24. The van der Waals surface area contributed by atoms with Gasteiger partial charge in [-0.2, -0.15) is 13.2 Å². The van der Waals surface area contributed by atoms with Gasteiger partial charge in [0, 0.05) is 31.5 Å². The molecule has 0 bridgehead atoms. The normalized spacial score (nSPS) is 17.0. The third kappa shape index (κ3) is 10.8. The molecule has 1 fully saturated rings. The van der Waals surface area contributed by atoms with Gasteiger partial charge in [-0.1, -0.05) is 11.8 Å². The number of hydrogen-bond donors (Lipinski definition) is 3. The lowest BCUT2D eigenvalue weighted by Gasteiger charge is -2.20. The second-order valence-corrected chi connectivity index (χ2v) is 8.86. The zero-order valence-corrected chi connectivity index (χ0v) is 20.0. The number of carboxylic acid groups (broad SMARTS) is 1. The van der Waals surface area contributed by atoms with Crippen molar-refractivity contribution >= 4 is 46.2 Å². The zero-order chi connectivity index (χ0) is 26.8. The number of carboxylic acids is 1. The number of amides is 1. The maximum Gasteiger partial charge on any atom is 0.490 e. The molecular weight excluding hydrogens is 495 g/mol. The molecule has 194 valence electrons. The fraction of sp³-hybridized carbons (Fsp3) is 0.476. The molecule has 0 aromatic heterocycles. The van der Waals surface area contributed by atoms with Crippen LogP contribution in [0.2, 0.25) is 0 Å². The lowest BCUT2D eigenvalue weighted by atomic mass is 10.2. The van der Waals surface area contributed by atoms with E-state index in [9.17, 15) is 32.3 Å². The number of methoxy groups -OCH3 is 1. The van der Waals surface area contributed by atoms with Gasteiger partial charge in [-0.05, 0) is 30.7 Å². The number of halogens is 3. The Morgan fingerprint density at radius 3 is 2.26 bits per heavy atom. The highest BCUT2D eigenvalue weighted by Crippen LogP contribution is 2.22. The summed E-state index contributed by atoms with van der Waals surface area (Å²) in [6.45, 7) is 2.18. The quantitative estimate of drug-likeness (QED) is 0.432. The van der Waals surface area contributed by atoms with Crippen LogP contribution in [0.1, 0.15) is 23.7 Å². The van der Waals surface area contributed by atoms with E-state index >= 15 is 0 Å². The Morgan fingerprint density at radius 2 is 1.77 bits per heavy atom. The maximum atomic E-state index is 12.5. The number of anilines is 1. The van der Waals surface area contributed by atoms with Crippen LogP contribution >= 0.6 is 11.8 Å². The fourth-order valence-corrected chi connectivity index (χ4v) is 3.86. The number of carbonyl (C=O) groups excluding carboxylic acids is 4. The number of Topliss-reactive ketones (excluding diaryl/α,β-unsaturated/α-hetero) is 1. The Labute approximate surface area is 203 Å². The Kier molecular flexibility index (Phi) is 11.7. The summed E-state index contributed by atoms with van der Waals surface area (Å²) in [5.74, 6) is -3.47. The summed E-state index contributed by atoms with van der Waals surface area (Å²) < 4.78 is 36.4. The van der Waals surface area contributed by atoms with Gasteiger partial charge in [0.15, 0.2) is 10.9 Å². The molecule has 0 aliphatic carbocycles. The molecule has 2 rings (SSSR count). The second-order valence-electron chi connectivity index (χ2n) is 7.39. The van der Waals surface area contributed by atoms with E-state index in [2.05, 4.69) is 15.4 Å². The van der Waals surface area contributed by atoms with E-state index in [4.69, 9.17) is 9.90 Å². The summed E-state index contributed by atoms with van der Waals surface area (Å²) in [6, 6.07) is 6.21.